The van der Waals surface area contributed by atoms with Gasteiger partial charge in [0.25, 0.3) is 5.91 Å². The van der Waals surface area contributed by atoms with E-state index in [0.717, 1.165) is 24.3 Å². The maximum Gasteiger partial charge on any atom is 0.369 e. The summed E-state index contributed by atoms with van der Waals surface area (Å²) in [6, 6.07) is 5.18. The lowest BCUT2D eigenvalue weighted by molar-refractivity contribution is 0.0479. The van der Waals surface area contributed by atoms with Crippen LogP contribution < -0.4 is 10.6 Å². The topological polar surface area (TPSA) is 75.3 Å². The van der Waals surface area contributed by atoms with Crippen LogP contribution in [0.1, 0.15) is 10.4 Å². The fourth-order valence-electron chi connectivity index (χ4n) is 1.99. The van der Waals surface area contributed by atoms with Gasteiger partial charge < -0.3 is 5.32 Å². The molecule has 2 atom stereocenters. The highest BCUT2D eigenvalue weighted by Gasteiger charge is 2.47. The Morgan fingerprint density at radius 2 is 1.76 bits per heavy atom. The third kappa shape index (κ3) is 5.39. The summed E-state index contributed by atoms with van der Waals surface area (Å²) in [6.45, 7) is 0. The van der Waals surface area contributed by atoms with Crippen molar-refractivity contribution < 1.29 is 31.4 Å². The number of carbonyl (C=O) groups excluding carboxylic acids is 2. The molecule has 2 N–H and O–H groups in total. The van der Waals surface area contributed by atoms with Crippen molar-refractivity contribution >= 4 is 63.2 Å². The third-order valence-corrected chi connectivity index (χ3v) is 5.91. The molecule has 2 unspecified atom stereocenters. The van der Waals surface area contributed by atoms with Crippen LogP contribution in [0.2, 0.25) is 10.0 Å². The molecule has 0 bridgehead atoms. The molecule has 0 aliphatic heterocycles. The normalized spacial score (nSPS) is 13.5. The van der Waals surface area contributed by atoms with E-state index in [1.807, 2.05) is 0 Å². The zero-order valence-electron chi connectivity index (χ0n) is 13.8. The number of nitrogens with one attached hydrogen (secondary N) is 2. The SMILES string of the molecule is O=C(NC(=O)c1c(F)cccc1Cl)Nc1ccc(Cl)c(S(=O)C(F)(F)C(F)Cl)c1. The van der Waals surface area contributed by atoms with E-state index in [-0.39, 0.29) is 10.7 Å². The van der Waals surface area contributed by atoms with E-state index in [4.69, 9.17) is 34.8 Å². The summed E-state index contributed by atoms with van der Waals surface area (Å²) in [4.78, 5) is 23.2. The van der Waals surface area contributed by atoms with Gasteiger partial charge in [0, 0.05) is 5.69 Å². The summed E-state index contributed by atoms with van der Waals surface area (Å²) in [5, 5.41) is -1.23. The number of rotatable bonds is 5. The third-order valence-electron chi connectivity index (χ3n) is 3.31. The number of benzene rings is 2. The van der Waals surface area contributed by atoms with Crippen molar-refractivity contribution in [3.8, 4) is 0 Å². The molecule has 2 rings (SSSR count). The van der Waals surface area contributed by atoms with E-state index < -0.39 is 54.9 Å². The van der Waals surface area contributed by atoms with Gasteiger partial charge in [-0.25, -0.2) is 17.8 Å². The van der Waals surface area contributed by atoms with Gasteiger partial charge >= 0.3 is 11.3 Å². The Bertz CT molecular complexity index is 972. The molecule has 0 saturated carbocycles. The van der Waals surface area contributed by atoms with Gasteiger partial charge in [0.2, 0.25) is 5.63 Å². The van der Waals surface area contributed by atoms with Crippen LogP contribution in [-0.2, 0) is 10.8 Å². The molecule has 0 aromatic heterocycles. The molecule has 13 heteroatoms. The summed E-state index contributed by atoms with van der Waals surface area (Å²) in [5.41, 5.74) is -4.05. The van der Waals surface area contributed by atoms with Gasteiger partial charge in [-0.3, -0.25) is 10.1 Å². The number of carbonyl (C=O) groups is 2. The fraction of sp³-hybridized carbons (Fsp3) is 0.125. The van der Waals surface area contributed by atoms with Crippen LogP contribution >= 0.6 is 34.8 Å². The van der Waals surface area contributed by atoms with Gasteiger partial charge in [-0.2, -0.15) is 8.78 Å². The molecule has 0 aliphatic carbocycles. The van der Waals surface area contributed by atoms with Crippen molar-refractivity contribution in [2.45, 2.75) is 15.8 Å². The Morgan fingerprint density at radius 3 is 2.34 bits per heavy atom. The van der Waals surface area contributed by atoms with E-state index >= 15 is 0 Å². The van der Waals surface area contributed by atoms with Crippen LogP contribution in [0.3, 0.4) is 0 Å². The second kappa shape index (κ2) is 9.29. The number of anilines is 1. The number of halogens is 7. The standard InChI is InChI=1S/C16H9Cl3F4N2O3S/c17-8-5-4-7(6-11(8)29(28)16(22,23)14(19)21)24-15(27)25-13(26)12-9(18)2-1-3-10(12)20/h1-6,14H,(H2,24,25,26,27). The molecular weight excluding hydrogens is 483 g/mol. The number of urea groups is 1. The summed E-state index contributed by atoms with van der Waals surface area (Å²) in [6.07, 6.45) is 0. The minimum absolute atomic E-state index is 0.219. The monoisotopic (exact) mass is 490 g/mol. The zero-order chi connectivity index (χ0) is 21.9. The molecule has 0 spiro atoms. The molecule has 29 heavy (non-hydrogen) atoms. The van der Waals surface area contributed by atoms with Crippen molar-refractivity contribution in [2.75, 3.05) is 5.32 Å². The Kier molecular flexibility index (Phi) is 7.50. The highest BCUT2D eigenvalue weighted by Crippen LogP contribution is 2.36. The Hall–Kier alpha value is -1.88. The van der Waals surface area contributed by atoms with E-state index in [2.05, 4.69) is 5.32 Å². The van der Waals surface area contributed by atoms with Gasteiger partial charge in [0.15, 0.2) is 0 Å². The number of hydrogen-bond donors (Lipinski definition) is 2. The summed E-state index contributed by atoms with van der Waals surface area (Å²) in [7, 11) is -3.29. The maximum atomic E-state index is 13.7. The van der Waals surface area contributed by atoms with Gasteiger partial charge in [-0.1, -0.05) is 40.9 Å². The molecule has 0 radical (unpaired) electrons. The predicted octanol–water partition coefficient (Wildman–Crippen LogP) is 5.33. The predicted molar refractivity (Wildman–Crippen MR) is 101 cm³/mol. The van der Waals surface area contributed by atoms with Gasteiger partial charge in [-0.05, 0) is 30.3 Å². The van der Waals surface area contributed by atoms with Gasteiger partial charge in [-0.15, -0.1) is 0 Å². The number of imide groups is 1. The average molecular weight is 492 g/mol. The van der Waals surface area contributed by atoms with Crippen molar-refractivity contribution in [3.05, 3.63) is 57.8 Å². The summed E-state index contributed by atoms with van der Waals surface area (Å²) >= 11 is 16.1. The number of amides is 3. The first-order chi connectivity index (χ1) is 13.4. The maximum absolute atomic E-state index is 13.7. The van der Waals surface area contributed by atoms with E-state index in [1.54, 1.807) is 5.32 Å². The zero-order valence-corrected chi connectivity index (χ0v) is 16.9. The molecule has 0 aliphatic rings. The summed E-state index contributed by atoms with van der Waals surface area (Å²) < 4.78 is 65.6. The number of alkyl halides is 4. The second-order valence-electron chi connectivity index (χ2n) is 5.28. The Balaban J connectivity index is 2.19. The first-order valence-corrected chi connectivity index (χ1v) is 9.73. The number of hydrogen-bond acceptors (Lipinski definition) is 3. The van der Waals surface area contributed by atoms with Crippen molar-refractivity contribution in [3.63, 3.8) is 0 Å². The minimum Gasteiger partial charge on any atom is -0.308 e. The molecule has 3 amide bonds. The quantitative estimate of drug-likeness (QED) is 0.439. The Morgan fingerprint density at radius 1 is 1.10 bits per heavy atom. The first kappa shape index (κ1) is 23.4. The van der Waals surface area contributed by atoms with E-state index in [0.29, 0.717) is 0 Å². The smallest absolute Gasteiger partial charge is 0.308 e. The van der Waals surface area contributed by atoms with E-state index in [1.165, 1.54) is 12.1 Å². The highest BCUT2D eigenvalue weighted by atomic mass is 35.5. The Labute approximate surface area is 178 Å². The largest absolute Gasteiger partial charge is 0.369 e. The van der Waals surface area contributed by atoms with Gasteiger partial charge in [0.05, 0.1) is 20.5 Å². The molecule has 0 heterocycles. The van der Waals surface area contributed by atoms with Crippen LogP contribution in [0.5, 0.6) is 0 Å². The van der Waals surface area contributed by atoms with Crippen LogP contribution in [0.4, 0.5) is 28.0 Å². The lowest BCUT2D eigenvalue weighted by Crippen LogP contribution is -2.35. The lowest BCUT2D eigenvalue weighted by Gasteiger charge is -2.17. The molecule has 2 aromatic rings. The second-order valence-corrected chi connectivity index (χ2v) is 8.00. The highest BCUT2D eigenvalue weighted by molar-refractivity contribution is 7.86. The molecule has 0 saturated heterocycles. The van der Waals surface area contributed by atoms with Crippen LogP contribution in [0.15, 0.2) is 41.3 Å². The van der Waals surface area contributed by atoms with Crippen LogP contribution in [0, 0.1) is 5.82 Å². The fourth-order valence-corrected chi connectivity index (χ4v) is 3.75. The van der Waals surface area contributed by atoms with Crippen molar-refractivity contribution in [1.82, 2.24) is 5.32 Å². The van der Waals surface area contributed by atoms with Crippen molar-refractivity contribution in [1.29, 1.82) is 0 Å². The van der Waals surface area contributed by atoms with Crippen LogP contribution in [0.25, 0.3) is 0 Å². The van der Waals surface area contributed by atoms with Crippen molar-refractivity contribution in [2.24, 2.45) is 0 Å². The molecule has 156 valence electrons. The lowest BCUT2D eigenvalue weighted by atomic mass is 10.2. The molecule has 0 fully saturated rings. The van der Waals surface area contributed by atoms with E-state index in [9.17, 15) is 31.4 Å². The minimum atomic E-state index is -4.45. The molecule has 5 nitrogen and oxygen atoms in total. The van der Waals surface area contributed by atoms with Crippen LogP contribution in [-0.4, -0.2) is 27.0 Å². The summed E-state index contributed by atoms with van der Waals surface area (Å²) in [5.74, 6) is -2.15. The average Bonchev–Trinajstić information content (AvgIpc) is 2.62. The molecule has 2 aromatic carbocycles. The molecular formula is C16H9Cl3F4N2O3S. The first-order valence-electron chi connectivity index (χ1n) is 7.39. The van der Waals surface area contributed by atoms with Gasteiger partial charge in [0.1, 0.15) is 16.6 Å².